The lowest BCUT2D eigenvalue weighted by Gasteiger charge is -2.23. The molecule has 4 nitrogen and oxygen atoms in total. The van der Waals surface area contributed by atoms with E-state index < -0.39 is 0 Å². The fourth-order valence-corrected chi connectivity index (χ4v) is 2.06. The van der Waals surface area contributed by atoms with Crippen molar-refractivity contribution < 1.29 is 9.26 Å². The van der Waals surface area contributed by atoms with Gasteiger partial charge < -0.3 is 14.6 Å². The minimum atomic E-state index is 0.240. The van der Waals surface area contributed by atoms with E-state index in [9.17, 15) is 0 Å². The Morgan fingerprint density at radius 3 is 3.31 bits per heavy atom. The topological polar surface area (TPSA) is 47.3 Å². The van der Waals surface area contributed by atoms with Crippen molar-refractivity contribution in [3.8, 4) is 5.75 Å². The molecule has 0 radical (unpaired) electrons. The molecule has 1 aliphatic heterocycles. The van der Waals surface area contributed by atoms with Gasteiger partial charge in [-0.1, -0.05) is 11.2 Å². The first kappa shape index (κ1) is 9.66. The average Bonchev–Trinajstić information content (AvgIpc) is 2.80. The van der Waals surface area contributed by atoms with Crippen molar-refractivity contribution in [2.45, 2.75) is 18.9 Å². The molecule has 0 amide bonds. The molecule has 1 unspecified atom stereocenters. The third-order valence-corrected chi connectivity index (χ3v) is 2.89. The van der Waals surface area contributed by atoms with Crippen molar-refractivity contribution in [1.82, 2.24) is 10.5 Å². The summed E-state index contributed by atoms with van der Waals surface area (Å²) in [7, 11) is 0. The van der Waals surface area contributed by atoms with Crippen LogP contribution >= 0.6 is 0 Å². The maximum Gasteiger partial charge on any atom is 0.208 e. The molecule has 0 bridgehead atoms. The summed E-state index contributed by atoms with van der Waals surface area (Å²) in [6, 6.07) is 5.87. The highest BCUT2D eigenvalue weighted by Gasteiger charge is 2.16. The number of rotatable bonds is 2. The maximum absolute atomic E-state index is 5.93. The van der Waals surface area contributed by atoms with Crippen molar-refractivity contribution in [3.63, 3.8) is 0 Å². The molecule has 2 heterocycles. The first-order valence-electron chi connectivity index (χ1n) is 5.64. The molecule has 2 aromatic rings. The number of hydrogen-bond donors (Lipinski definition) is 1. The van der Waals surface area contributed by atoms with Crippen molar-refractivity contribution >= 4 is 11.0 Å². The summed E-state index contributed by atoms with van der Waals surface area (Å²) in [5, 5.41) is 8.10. The summed E-state index contributed by atoms with van der Waals surface area (Å²) in [5.74, 6) is 0.795. The van der Waals surface area contributed by atoms with E-state index in [1.807, 2.05) is 18.2 Å². The molecule has 1 fully saturated rings. The van der Waals surface area contributed by atoms with Crippen LogP contribution in [0, 0.1) is 0 Å². The number of hydrogen-bond acceptors (Lipinski definition) is 4. The Morgan fingerprint density at radius 2 is 2.44 bits per heavy atom. The summed E-state index contributed by atoms with van der Waals surface area (Å²) in [4.78, 5) is 0. The molecule has 1 aromatic carbocycles. The van der Waals surface area contributed by atoms with Crippen LogP contribution in [0.15, 0.2) is 28.9 Å². The van der Waals surface area contributed by atoms with Gasteiger partial charge in [-0.05, 0) is 31.5 Å². The summed E-state index contributed by atoms with van der Waals surface area (Å²) in [6.45, 7) is 2.00. The Balaban J connectivity index is 1.85. The van der Waals surface area contributed by atoms with Gasteiger partial charge in [-0.15, -0.1) is 0 Å². The number of ether oxygens (including phenoxy) is 1. The van der Waals surface area contributed by atoms with Crippen LogP contribution in [0.1, 0.15) is 12.8 Å². The fourth-order valence-electron chi connectivity index (χ4n) is 2.06. The monoisotopic (exact) mass is 218 g/mol. The second-order valence-electron chi connectivity index (χ2n) is 4.09. The number of para-hydroxylation sites is 1. The zero-order chi connectivity index (χ0) is 10.8. The Bertz CT molecular complexity index is 475. The fraction of sp³-hybridized carbons (Fsp3) is 0.417. The molecule has 0 spiro atoms. The van der Waals surface area contributed by atoms with Gasteiger partial charge in [-0.25, -0.2) is 0 Å². The molecule has 0 aliphatic carbocycles. The van der Waals surface area contributed by atoms with Gasteiger partial charge in [0, 0.05) is 11.9 Å². The van der Waals surface area contributed by atoms with Crippen LogP contribution in [-0.4, -0.2) is 24.4 Å². The summed E-state index contributed by atoms with van der Waals surface area (Å²) in [6.07, 6.45) is 4.21. The van der Waals surface area contributed by atoms with Crippen LogP contribution in [-0.2, 0) is 0 Å². The SMILES string of the molecule is c1cc(OC2CCCNC2)c2oncc2c1. The average molecular weight is 218 g/mol. The number of nitrogens with zero attached hydrogens (tertiary/aromatic N) is 1. The normalized spacial score (nSPS) is 21.1. The highest BCUT2D eigenvalue weighted by molar-refractivity contribution is 5.81. The van der Waals surface area contributed by atoms with Crippen LogP contribution in [0.3, 0.4) is 0 Å². The Hall–Kier alpha value is -1.55. The predicted octanol–water partition coefficient (Wildman–Crippen LogP) is 1.96. The Morgan fingerprint density at radius 1 is 1.44 bits per heavy atom. The molecule has 1 aromatic heterocycles. The number of piperidine rings is 1. The predicted molar refractivity (Wildman–Crippen MR) is 60.5 cm³/mol. The third-order valence-electron chi connectivity index (χ3n) is 2.89. The second kappa shape index (κ2) is 4.14. The lowest BCUT2D eigenvalue weighted by molar-refractivity contribution is 0.166. The molecule has 1 N–H and O–H groups in total. The highest BCUT2D eigenvalue weighted by atomic mass is 16.5. The molecule has 1 atom stereocenters. The minimum Gasteiger partial charge on any atom is -0.485 e. The van der Waals surface area contributed by atoms with Crippen LogP contribution in [0.2, 0.25) is 0 Å². The van der Waals surface area contributed by atoms with E-state index in [1.165, 1.54) is 0 Å². The van der Waals surface area contributed by atoms with E-state index in [2.05, 4.69) is 10.5 Å². The molecule has 1 saturated heterocycles. The zero-order valence-electron chi connectivity index (χ0n) is 8.98. The van der Waals surface area contributed by atoms with Crippen LogP contribution in [0.25, 0.3) is 11.0 Å². The van der Waals surface area contributed by atoms with Crippen molar-refractivity contribution in [1.29, 1.82) is 0 Å². The number of benzene rings is 1. The quantitative estimate of drug-likeness (QED) is 0.837. The van der Waals surface area contributed by atoms with E-state index in [0.29, 0.717) is 0 Å². The first-order valence-corrected chi connectivity index (χ1v) is 5.64. The van der Waals surface area contributed by atoms with Gasteiger partial charge in [0.2, 0.25) is 5.58 Å². The summed E-state index contributed by atoms with van der Waals surface area (Å²) in [5.41, 5.74) is 0.744. The first-order chi connectivity index (χ1) is 7.93. The van der Waals surface area contributed by atoms with E-state index in [0.717, 1.165) is 42.6 Å². The van der Waals surface area contributed by atoms with E-state index in [4.69, 9.17) is 9.26 Å². The zero-order valence-corrected chi connectivity index (χ0v) is 8.98. The molecule has 16 heavy (non-hydrogen) atoms. The smallest absolute Gasteiger partial charge is 0.208 e. The van der Waals surface area contributed by atoms with Gasteiger partial charge in [0.05, 0.1) is 6.20 Å². The van der Waals surface area contributed by atoms with Crippen molar-refractivity contribution in [2.75, 3.05) is 13.1 Å². The second-order valence-corrected chi connectivity index (χ2v) is 4.09. The standard InChI is InChI=1S/C12H14N2O2/c1-3-9-7-14-16-12(9)11(5-1)15-10-4-2-6-13-8-10/h1,3,5,7,10,13H,2,4,6,8H2. The molecule has 84 valence electrons. The lowest BCUT2D eigenvalue weighted by Crippen LogP contribution is -2.37. The molecule has 4 heteroatoms. The van der Waals surface area contributed by atoms with Crippen LogP contribution in [0.4, 0.5) is 0 Å². The maximum atomic E-state index is 5.93. The van der Waals surface area contributed by atoms with Crippen LogP contribution < -0.4 is 10.1 Å². The Kier molecular flexibility index (Phi) is 2.50. The Labute approximate surface area is 93.6 Å². The lowest BCUT2D eigenvalue weighted by atomic mass is 10.1. The molecular formula is C12H14N2O2. The molecule has 0 saturated carbocycles. The van der Waals surface area contributed by atoms with Gasteiger partial charge in [0.25, 0.3) is 0 Å². The summed E-state index contributed by atoms with van der Waals surface area (Å²) < 4.78 is 11.1. The number of nitrogens with one attached hydrogen (secondary N) is 1. The van der Waals surface area contributed by atoms with Crippen molar-refractivity contribution in [3.05, 3.63) is 24.4 Å². The molecular weight excluding hydrogens is 204 g/mol. The van der Waals surface area contributed by atoms with Gasteiger partial charge in [0.15, 0.2) is 5.75 Å². The largest absolute Gasteiger partial charge is 0.485 e. The van der Waals surface area contributed by atoms with Crippen LogP contribution in [0.5, 0.6) is 5.75 Å². The summed E-state index contributed by atoms with van der Waals surface area (Å²) >= 11 is 0. The number of fused-ring (bicyclic) bond motifs is 1. The minimum absolute atomic E-state index is 0.240. The van der Waals surface area contributed by atoms with E-state index in [1.54, 1.807) is 6.20 Å². The molecule has 3 rings (SSSR count). The van der Waals surface area contributed by atoms with Gasteiger partial charge in [0.1, 0.15) is 6.10 Å². The highest BCUT2D eigenvalue weighted by Crippen LogP contribution is 2.26. The van der Waals surface area contributed by atoms with Crippen molar-refractivity contribution in [2.24, 2.45) is 0 Å². The van der Waals surface area contributed by atoms with E-state index >= 15 is 0 Å². The van der Waals surface area contributed by atoms with Gasteiger partial charge in [-0.2, -0.15) is 0 Å². The third kappa shape index (κ3) is 1.76. The van der Waals surface area contributed by atoms with E-state index in [-0.39, 0.29) is 6.10 Å². The molecule has 1 aliphatic rings. The van der Waals surface area contributed by atoms with Gasteiger partial charge in [-0.3, -0.25) is 0 Å². The number of aromatic nitrogens is 1. The van der Waals surface area contributed by atoms with Gasteiger partial charge >= 0.3 is 0 Å².